The number of carbonyl (C=O) groups is 1. The Morgan fingerprint density at radius 3 is 2.95 bits per heavy atom. The first kappa shape index (κ1) is 13.2. The van der Waals surface area contributed by atoms with Crippen LogP contribution in [-0.4, -0.2) is 10.9 Å². The second-order valence-corrected chi connectivity index (χ2v) is 5.76. The zero-order valence-corrected chi connectivity index (χ0v) is 12.1. The van der Waals surface area contributed by atoms with Crippen LogP contribution in [-0.2, 0) is 4.79 Å². The van der Waals surface area contributed by atoms with Crippen molar-refractivity contribution in [3.05, 3.63) is 58.2 Å². The molecule has 1 atom stereocenters. The van der Waals surface area contributed by atoms with Crippen LogP contribution in [0.25, 0.3) is 0 Å². The smallest absolute Gasteiger partial charge is 0.233 e. The predicted octanol–water partition coefficient (Wildman–Crippen LogP) is 3.69. The molecule has 0 amide bonds. The van der Waals surface area contributed by atoms with E-state index < -0.39 is 5.92 Å². The molecule has 22 heavy (non-hydrogen) atoms. The molecule has 1 aliphatic carbocycles. The minimum atomic E-state index is -0.438. The third-order valence-electron chi connectivity index (χ3n) is 4.42. The Kier molecular flexibility index (Phi) is 2.89. The van der Waals surface area contributed by atoms with E-state index in [1.807, 2.05) is 6.92 Å². The van der Waals surface area contributed by atoms with Crippen molar-refractivity contribution in [3.63, 3.8) is 0 Å². The van der Waals surface area contributed by atoms with Gasteiger partial charge in [0.1, 0.15) is 5.82 Å². The van der Waals surface area contributed by atoms with E-state index in [0.717, 1.165) is 24.1 Å². The number of aryl methyl sites for hydroxylation is 1. The summed E-state index contributed by atoms with van der Waals surface area (Å²) in [7, 11) is 0. The Bertz CT molecular complexity index is 807. The molecule has 0 saturated heterocycles. The maximum atomic E-state index is 14.4. The fraction of sp³-hybridized carbons (Fsp3) is 0.294. The number of carbonyl (C=O) groups excluding carboxylic acids is 1. The van der Waals surface area contributed by atoms with Crippen LogP contribution in [0.5, 0.6) is 0 Å². The summed E-state index contributed by atoms with van der Waals surface area (Å²) >= 11 is 0. The topological polar surface area (TPSA) is 55.1 Å². The Labute approximate surface area is 127 Å². The standard InChI is InChI=1S/C17H15FN2O2/c1-9-14-15(10-5-2-3-6-11(10)18)16-12(7-4-8-13(16)21)19-17(14)22-20-9/h2-3,5-6,15,19H,4,7-8H2,1H3/t15-/m1/s1. The number of benzene rings is 1. The van der Waals surface area contributed by atoms with Crippen molar-refractivity contribution in [2.24, 2.45) is 0 Å². The number of Topliss-reactive ketones (excluding diaryl/α,β-unsaturated/α-hetero) is 1. The second kappa shape index (κ2) is 4.80. The maximum absolute atomic E-state index is 14.4. The number of fused-ring (bicyclic) bond motifs is 1. The van der Waals surface area contributed by atoms with Gasteiger partial charge in [0.05, 0.1) is 11.3 Å². The van der Waals surface area contributed by atoms with Gasteiger partial charge in [0, 0.05) is 29.2 Å². The molecule has 1 aromatic carbocycles. The zero-order chi connectivity index (χ0) is 15.3. The molecular weight excluding hydrogens is 283 g/mol. The van der Waals surface area contributed by atoms with Gasteiger partial charge < -0.3 is 9.84 Å². The molecule has 4 nitrogen and oxygen atoms in total. The SMILES string of the molecule is Cc1noc2c1[C@@H](c1ccccc1F)C1=C(CCCC1=O)N2. The highest BCUT2D eigenvalue weighted by Crippen LogP contribution is 2.46. The molecule has 0 saturated carbocycles. The average molecular weight is 298 g/mol. The van der Waals surface area contributed by atoms with Crippen LogP contribution in [0.15, 0.2) is 40.1 Å². The lowest BCUT2D eigenvalue weighted by Crippen LogP contribution is -2.27. The zero-order valence-electron chi connectivity index (χ0n) is 12.1. The number of hydrogen-bond acceptors (Lipinski definition) is 4. The monoisotopic (exact) mass is 298 g/mol. The summed E-state index contributed by atoms with van der Waals surface area (Å²) in [4.78, 5) is 12.5. The van der Waals surface area contributed by atoms with Crippen molar-refractivity contribution >= 4 is 11.7 Å². The summed E-state index contributed by atoms with van der Waals surface area (Å²) in [6.45, 7) is 1.82. The molecule has 2 heterocycles. The number of anilines is 1. The summed E-state index contributed by atoms with van der Waals surface area (Å²) in [6, 6.07) is 6.59. The molecule has 0 unspecified atom stereocenters. The Hall–Kier alpha value is -2.43. The van der Waals surface area contributed by atoms with Crippen molar-refractivity contribution in [1.29, 1.82) is 0 Å². The first-order chi connectivity index (χ1) is 10.7. The molecule has 1 N–H and O–H groups in total. The highest BCUT2D eigenvalue weighted by molar-refractivity contribution is 6.00. The number of aromatic nitrogens is 1. The van der Waals surface area contributed by atoms with E-state index in [1.165, 1.54) is 6.07 Å². The minimum Gasteiger partial charge on any atom is -0.338 e. The third kappa shape index (κ3) is 1.81. The van der Waals surface area contributed by atoms with Gasteiger partial charge in [0.2, 0.25) is 5.88 Å². The van der Waals surface area contributed by atoms with Crippen LogP contribution >= 0.6 is 0 Å². The Morgan fingerprint density at radius 2 is 2.14 bits per heavy atom. The average Bonchev–Trinajstić information content (AvgIpc) is 2.88. The molecule has 0 bridgehead atoms. The number of halogens is 1. The number of allylic oxidation sites excluding steroid dienone is 2. The van der Waals surface area contributed by atoms with E-state index >= 15 is 0 Å². The Balaban J connectivity index is 1.99. The quantitative estimate of drug-likeness (QED) is 0.872. The highest BCUT2D eigenvalue weighted by atomic mass is 19.1. The van der Waals surface area contributed by atoms with Crippen LogP contribution < -0.4 is 5.32 Å². The van der Waals surface area contributed by atoms with E-state index in [4.69, 9.17) is 4.52 Å². The number of ketones is 1. The van der Waals surface area contributed by atoms with Gasteiger partial charge in [-0.05, 0) is 25.8 Å². The highest BCUT2D eigenvalue weighted by Gasteiger charge is 2.39. The van der Waals surface area contributed by atoms with Crippen molar-refractivity contribution < 1.29 is 13.7 Å². The van der Waals surface area contributed by atoms with Gasteiger partial charge in [0.15, 0.2) is 5.78 Å². The molecule has 4 rings (SSSR count). The van der Waals surface area contributed by atoms with Gasteiger partial charge in [0.25, 0.3) is 0 Å². The number of nitrogens with one attached hydrogen (secondary N) is 1. The normalized spacial score (nSPS) is 20.5. The lowest BCUT2D eigenvalue weighted by atomic mass is 9.76. The van der Waals surface area contributed by atoms with Crippen LogP contribution in [0, 0.1) is 12.7 Å². The fourth-order valence-corrected chi connectivity index (χ4v) is 3.44. The van der Waals surface area contributed by atoms with E-state index in [9.17, 15) is 9.18 Å². The van der Waals surface area contributed by atoms with Crippen LogP contribution in [0.2, 0.25) is 0 Å². The van der Waals surface area contributed by atoms with Crippen molar-refractivity contribution in [2.75, 3.05) is 5.32 Å². The van der Waals surface area contributed by atoms with Crippen molar-refractivity contribution in [1.82, 2.24) is 5.16 Å². The summed E-state index contributed by atoms with van der Waals surface area (Å²) in [6.07, 6.45) is 2.08. The summed E-state index contributed by atoms with van der Waals surface area (Å²) in [5.74, 6) is -0.148. The molecular formula is C17H15FN2O2. The minimum absolute atomic E-state index is 0.0771. The largest absolute Gasteiger partial charge is 0.338 e. The molecule has 0 radical (unpaired) electrons. The summed E-state index contributed by atoms with van der Waals surface area (Å²) in [5.41, 5.74) is 3.45. The molecule has 5 heteroatoms. The molecule has 112 valence electrons. The van der Waals surface area contributed by atoms with Gasteiger partial charge >= 0.3 is 0 Å². The molecule has 1 aliphatic heterocycles. The van der Waals surface area contributed by atoms with E-state index in [-0.39, 0.29) is 11.6 Å². The van der Waals surface area contributed by atoms with Crippen LogP contribution in [0.1, 0.15) is 42.0 Å². The summed E-state index contributed by atoms with van der Waals surface area (Å²) in [5, 5.41) is 7.17. The molecule has 0 fully saturated rings. The van der Waals surface area contributed by atoms with E-state index in [2.05, 4.69) is 10.5 Å². The molecule has 0 spiro atoms. The lowest BCUT2D eigenvalue weighted by Gasteiger charge is -2.31. The Morgan fingerprint density at radius 1 is 1.32 bits per heavy atom. The van der Waals surface area contributed by atoms with Crippen LogP contribution in [0.3, 0.4) is 0 Å². The maximum Gasteiger partial charge on any atom is 0.233 e. The predicted molar refractivity (Wildman–Crippen MR) is 79.0 cm³/mol. The molecule has 2 aromatic rings. The second-order valence-electron chi connectivity index (χ2n) is 5.76. The van der Waals surface area contributed by atoms with Gasteiger partial charge in [-0.3, -0.25) is 4.79 Å². The summed E-state index contributed by atoms with van der Waals surface area (Å²) < 4.78 is 19.7. The lowest BCUT2D eigenvalue weighted by molar-refractivity contribution is -0.116. The first-order valence-electron chi connectivity index (χ1n) is 7.40. The van der Waals surface area contributed by atoms with Gasteiger partial charge in [-0.15, -0.1) is 0 Å². The number of hydrogen-bond donors (Lipinski definition) is 1. The van der Waals surface area contributed by atoms with Crippen molar-refractivity contribution in [2.45, 2.75) is 32.1 Å². The van der Waals surface area contributed by atoms with Gasteiger partial charge in [-0.2, -0.15) is 0 Å². The molecule has 1 aromatic heterocycles. The first-order valence-corrected chi connectivity index (χ1v) is 7.40. The number of nitrogens with zero attached hydrogens (tertiary/aromatic N) is 1. The fourth-order valence-electron chi connectivity index (χ4n) is 3.44. The number of rotatable bonds is 1. The van der Waals surface area contributed by atoms with Crippen molar-refractivity contribution in [3.8, 4) is 0 Å². The van der Waals surface area contributed by atoms with E-state index in [1.54, 1.807) is 18.2 Å². The van der Waals surface area contributed by atoms with Gasteiger partial charge in [-0.25, -0.2) is 4.39 Å². The van der Waals surface area contributed by atoms with Crippen LogP contribution in [0.4, 0.5) is 10.3 Å². The molecule has 2 aliphatic rings. The van der Waals surface area contributed by atoms with E-state index in [0.29, 0.717) is 29.1 Å². The van der Waals surface area contributed by atoms with Gasteiger partial charge in [-0.1, -0.05) is 23.4 Å². The third-order valence-corrected chi connectivity index (χ3v) is 4.42.